The number of hydrogen-bond acceptors (Lipinski definition) is 3. The van der Waals surface area contributed by atoms with Crippen molar-refractivity contribution in [2.45, 2.75) is 32.6 Å². The van der Waals surface area contributed by atoms with E-state index in [9.17, 15) is 9.59 Å². The Morgan fingerprint density at radius 2 is 1.62 bits per heavy atom. The van der Waals surface area contributed by atoms with Crippen molar-refractivity contribution in [1.82, 2.24) is 4.90 Å². The summed E-state index contributed by atoms with van der Waals surface area (Å²) >= 11 is 1.50. The lowest BCUT2D eigenvalue weighted by molar-refractivity contribution is -0.131. The van der Waals surface area contributed by atoms with Crippen LogP contribution in [0.3, 0.4) is 0 Å². The Morgan fingerprint density at radius 1 is 1.00 bits per heavy atom. The van der Waals surface area contributed by atoms with Gasteiger partial charge in [0, 0.05) is 17.6 Å². The number of amides is 2. The van der Waals surface area contributed by atoms with E-state index in [2.05, 4.69) is 5.32 Å². The molecule has 26 heavy (non-hydrogen) atoms. The van der Waals surface area contributed by atoms with Crippen LogP contribution in [0.2, 0.25) is 0 Å². The van der Waals surface area contributed by atoms with Crippen molar-refractivity contribution in [3.63, 3.8) is 0 Å². The van der Waals surface area contributed by atoms with Crippen molar-refractivity contribution >= 4 is 29.3 Å². The Balaban J connectivity index is 1.90. The van der Waals surface area contributed by atoms with E-state index in [4.69, 9.17) is 0 Å². The molecule has 0 fully saturated rings. The molecule has 1 N–H and O–H groups in total. The highest BCUT2D eigenvalue weighted by Gasteiger charge is 2.15. The van der Waals surface area contributed by atoms with Gasteiger partial charge in [-0.05, 0) is 50.5 Å². The van der Waals surface area contributed by atoms with Crippen molar-refractivity contribution in [3.8, 4) is 0 Å². The minimum atomic E-state index is -0.184. The predicted molar refractivity (Wildman–Crippen MR) is 109 cm³/mol. The Kier molecular flexibility index (Phi) is 6.86. The van der Waals surface area contributed by atoms with E-state index in [1.807, 2.05) is 64.1 Å². The average molecular weight is 371 g/mol. The highest BCUT2D eigenvalue weighted by Crippen LogP contribution is 2.23. The molecule has 0 spiro atoms. The van der Waals surface area contributed by atoms with Gasteiger partial charge >= 0.3 is 0 Å². The average Bonchev–Trinajstić information content (AvgIpc) is 2.57. The summed E-state index contributed by atoms with van der Waals surface area (Å²) in [5.74, 6) is 0.0690. The molecule has 5 heteroatoms. The number of nitrogens with one attached hydrogen (secondary N) is 1. The van der Waals surface area contributed by atoms with Crippen LogP contribution in [-0.4, -0.2) is 36.1 Å². The number of carbonyl (C=O) groups excluding carboxylic acids is 2. The van der Waals surface area contributed by atoms with Crippen molar-refractivity contribution in [2.75, 3.05) is 24.7 Å². The van der Waals surface area contributed by atoms with Gasteiger partial charge in [-0.2, -0.15) is 0 Å². The Labute approximate surface area is 160 Å². The van der Waals surface area contributed by atoms with Crippen molar-refractivity contribution in [3.05, 3.63) is 58.7 Å². The first kappa shape index (κ1) is 20.0. The van der Waals surface area contributed by atoms with Crippen LogP contribution in [0, 0.1) is 27.7 Å². The number of anilines is 1. The van der Waals surface area contributed by atoms with Crippen LogP contribution in [0.1, 0.15) is 22.3 Å². The third-order valence-electron chi connectivity index (χ3n) is 4.19. The number of likely N-dealkylation sites (N-methyl/N-ethyl adjacent to an activating group) is 1. The number of benzene rings is 2. The highest BCUT2D eigenvalue weighted by atomic mass is 32.2. The fourth-order valence-corrected chi connectivity index (χ4v) is 3.80. The van der Waals surface area contributed by atoms with Gasteiger partial charge in [-0.15, -0.1) is 11.8 Å². The summed E-state index contributed by atoms with van der Waals surface area (Å²) in [5, 5.41) is 2.93. The van der Waals surface area contributed by atoms with E-state index >= 15 is 0 Å². The largest absolute Gasteiger partial charge is 0.336 e. The summed E-state index contributed by atoms with van der Waals surface area (Å²) in [4.78, 5) is 27.2. The molecule has 138 valence electrons. The SMILES string of the molecule is Cc1cc(C)c(NC(=O)CN(C)C(=O)CSc2ccccc2C)c(C)c1. The van der Waals surface area contributed by atoms with Crippen LogP contribution in [0.4, 0.5) is 5.69 Å². The second kappa shape index (κ2) is 8.90. The molecule has 0 atom stereocenters. The molecule has 0 heterocycles. The van der Waals surface area contributed by atoms with Crippen LogP contribution in [-0.2, 0) is 9.59 Å². The molecule has 2 aromatic carbocycles. The first-order valence-corrected chi connectivity index (χ1v) is 9.56. The molecule has 0 aliphatic rings. The molecule has 0 bridgehead atoms. The lowest BCUT2D eigenvalue weighted by Gasteiger charge is -2.18. The first-order valence-electron chi connectivity index (χ1n) is 8.58. The monoisotopic (exact) mass is 370 g/mol. The third-order valence-corrected chi connectivity index (χ3v) is 5.35. The molecule has 0 aromatic heterocycles. The number of thioether (sulfide) groups is 1. The number of hydrogen-bond donors (Lipinski definition) is 1. The summed E-state index contributed by atoms with van der Waals surface area (Å²) < 4.78 is 0. The van der Waals surface area contributed by atoms with Crippen molar-refractivity contribution in [1.29, 1.82) is 0 Å². The third kappa shape index (κ3) is 5.36. The van der Waals surface area contributed by atoms with E-state index in [1.54, 1.807) is 7.05 Å². The Bertz CT molecular complexity index is 794. The van der Waals surface area contributed by atoms with Gasteiger partial charge < -0.3 is 10.2 Å². The van der Waals surface area contributed by atoms with Crippen molar-refractivity contribution in [2.24, 2.45) is 0 Å². The molecule has 4 nitrogen and oxygen atoms in total. The maximum atomic E-state index is 12.3. The van der Waals surface area contributed by atoms with Crippen LogP contribution >= 0.6 is 11.8 Å². The van der Waals surface area contributed by atoms with E-state index in [1.165, 1.54) is 22.2 Å². The molecule has 2 rings (SSSR count). The van der Waals surface area contributed by atoms with Gasteiger partial charge in [0.2, 0.25) is 11.8 Å². The van der Waals surface area contributed by atoms with Crippen LogP contribution in [0.15, 0.2) is 41.3 Å². The van der Waals surface area contributed by atoms with Gasteiger partial charge in [0.1, 0.15) is 0 Å². The Morgan fingerprint density at radius 3 is 2.23 bits per heavy atom. The second-order valence-corrected chi connectivity index (χ2v) is 7.64. The lowest BCUT2D eigenvalue weighted by Crippen LogP contribution is -2.36. The zero-order valence-corrected chi connectivity index (χ0v) is 16.9. The number of nitrogens with zero attached hydrogens (tertiary/aromatic N) is 1. The lowest BCUT2D eigenvalue weighted by atomic mass is 10.1. The standard InChI is InChI=1S/C21H26N2O2S/c1-14-10-16(3)21(17(4)11-14)22-19(24)12-23(5)20(25)13-26-18-9-7-6-8-15(18)2/h6-11H,12-13H2,1-5H3,(H,22,24). The zero-order chi connectivity index (χ0) is 19.3. The number of carbonyl (C=O) groups is 2. The molecule has 0 aliphatic carbocycles. The van der Waals surface area contributed by atoms with E-state index in [0.717, 1.165) is 27.3 Å². The fraction of sp³-hybridized carbons (Fsp3) is 0.333. The van der Waals surface area contributed by atoms with Gasteiger partial charge in [-0.3, -0.25) is 9.59 Å². The second-order valence-electron chi connectivity index (χ2n) is 6.63. The fourth-order valence-electron chi connectivity index (χ4n) is 2.83. The summed E-state index contributed by atoms with van der Waals surface area (Å²) in [5.41, 5.74) is 5.20. The van der Waals surface area contributed by atoms with E-state index < -0.39 is 0 Å². The number of aryl methyl sites for hydroxylation is 4. The molecule has 0 unspecified atom stereocenters. The summed E-state index contributed by atoms with van der Waals surface area (Å²) in [6, 6.07) is 12.0. The topological polar surface area (TPSA) is 49.4 Å². The molecule has 0 aliphatic heterocycles. The summed E-state index contributed by atoms with van der Waals surface area (Å²) in [7, 11) is 1.66. The smallest absolute Gasteiger partial charge is 0.243 e. The predicted octanol–water partition coefficient (Wildman–Crippen LogP) is 4.11. The molecule has 0 saturated heterocycles. The van der Waals surface area contributed by atoms with Gasteiger partial charge in [0.15, 0.2) is 0 Å². The molecular weight excluding hydrogens is 344 g/mol. The minimum Gasteiger partial charge on any atom is -0.336 e. The zero-order valence-electron chi connectivity index (χ0n) is 16.1. The summed E-state index contributed by atoms with van der Waals surface area (Å²) in [6.07, 6.45) is 0. The highest BCUT2D eigenvalue weighted by molar-refractivity contribution is 8.00. The first-order chi connectivity index (χ1) is 12.3. The van der Waals surface area contributed by atoms with Crippen molar-refractivity contribution < 1.29 is 9.59 Å². The van der Waals surface area contributed by atoms with Crippen LogP contribution < -0.4 is 5.32 Å². The Hall–Kier alpha value is -2.27. The van der Waals surface area contributed by atoms with Gasteiger partial charge in [0.05, 0.1) is 12.3 Å². The van der Waals surface area contributed by atoms with Crippen LogP contribution in [0.5, 0.6) is 0 Å². The number of rotatable bonds is 6. The summed E-state index contributed by atoms with van der Waals surface area (Å²) in [6.45, 7) is 8.05. The molecule has 0 radical (unpaired) electrons. The van der Waals surface area contributed by atoms with E-state index in [0.29, 0.717) is 5.75 Å². The maximum Gasteiger partial charge on any atom is 0.243 e. The normalized spacial score (nSPS) is 10.5. The van der Waals surface area contributed by atoms with Crippen LogP contribution in [0.25, 0.3) is 0 Å². The molecule has 2 amide bonds. The molecule has 2 aromatic rings. The molecule has 0 saturated carbocycles. The maximum absolute atomic E-state index is 12.3. The minimum absolute atomic E-state index is 0.0416. The molecular formula is C21H26N2O2S. The quantitative estimate of drug-likeness (QED) is 0.779. The van der Waals surface area contributed by atoms with Gasteiger partial charge in [0.25, 0.3) is 0 Å². The van der Waals surface area contributed by atoms with Gasteiger partial charge in [-0.25, -0.2) is 0 Å². The van der Waals surface area contributed by atoms with E-state index in [-0.39, 0.29) is 18.4 Å². The van der Waals surface area contributed by atoms with Gasteiger partial charge in [-0.1, -0.05) is 35.9 Å².